The lowest BCUT2D eigenvalue weighted by molar-refractivity contribution is -0.152. The zero-order valence-electron chi connectivity index (χ0n) is 18.1. The molecular formula is C23H22Cl2N4O3. The van der Waals surface area contributed by atoms with Crippen LogP contribution in [0.4, 0.5) is 11.6 Å². The molecule has 0 amide bonds. The van der Waals surface area contributed by atoms with Crippen molar-refractivity contribution in [2.45, 2.75) is 39.7 Å². The van der Waals surface area contributed by atoms with Crippen LogP contribution in [0, 0.1) is 11.3 Å². The molecule has 0 spiro atoms. The highest BCUT2D eigenvalue weighted by Gasteiger charge is 2.44. The topological polar surface area (TPSA) is 97.0 Å². The fourth-order valence-electron chi connectivity index (χ4n) is 3.60. The highest BCUT2D eigenvalue weighted by molar-refractivity contribution is 6.39. The number of carbonyl (C=O) groups is 2. The first-order chi connectivity index (χ1) is 15.2. The quantitative estimate of drug-likeness (QED) is 0.365. The molecule has 0 radical (unpaired) electrons. The van der Waals surface area contributed by atoms with E-state index in [0.717, 1.165) is 0 Å². The van der Waals surface area contributed by atoms with Gasteiger partial charge in [0.25, 0.3) is 0 Å². The van der Waals surface area contributed by atoms with Gasteiger partial charge >= 0.3 is 5.97 Å². The van der Waals surface area contributed by atoms with E-state index >= 15 is 0 Å². The number of aryl methyl sites for hydroxylation is 1. The summed E-state index contributed by atoms with van der Waals surface area (Å²) in [5, 5.41) is 14.0. The normalized spacial score (nSPS) is 12.8. The van der Waals surface area contributed by atoms with Gasteiger partial charge < -0.3 is 14.6 Å². The second kappa shape index (κ2) is 9.19. The van der Waals surface area contributed by atoms with Crippen LogP contribution in [-0.4, -0.2) is 27.9 Å². The number of ether oxygens (including phenoxy) is 1. The molecule has 0 saturated heterocycles. The van der Waals surface area contributed by atoms with Crippen LogP contribution in [-0.2, 0) is 26.3 Å². The molecule has 0 fully saturated rings. The SMILES string of the molecule is CCOC(=O)C(C)(C(C)=O)c1ccc2nc(Nc3c(Cl)cccc3Cl)n(CC)c2c1C#N. The van der Waals surface area contributed by atoms with Crippen molar-refractivity contribution in [2.75, 3.05) is 11.9 Å². The van der Waals surface area contributed by atoms with Gasteiger partial charge in [-0.15, -0.1) is 0 Å². The number of aromatic nitrogens is 2. The average Bonchev–Trinajstić information content (AvgIpc) is 3.12. The van der Waals surface area contributed by atoms with E-state index in [9.17, 15) is 14.9 Å². The molecule has 1 unspecified atom stereocenters. The number of anilines is 2. The van der Waals surface area contributed by atoms with Crippen molar-refractivity contribution in [1.29, 1.82) is 5.26 Å². The van der Waals surface area contributed by atoms with Crippen LogP contribution >= 0.6 is 23.2 Å². The Kier molecular flexibility index (Phi) is 6.77. The maximum Gasteiger partial charge on any atom is 0.323 e. The van der Waals surface area contributed by atoms with Gasteiger partial charge in [0, 0.05) is 6.54 Å². The van der Waals surface area contributed by atoms with E-state index in [1.54, 1.807) is 41.8 Å². The highest BCUT2D eigenvalue weighted by atomic mass is 35.5. The molecule has 2 aromatic carbocycles. The van der Waals surface area contributed by atoms with Crippen molar-refractivity contribution in [3.05, 3.63) is 51.5 Å². The summed E-state index contributed by atoms with van der Waals surface area (Å²) < 4.78 is 6.95. The molecule has 3 aromatic rings. The predicted molar refractivity (Wildman–Crippen MR) is 125 cm³/mol. The van der Waals surface area contributed by atoms with Gasteiger partial charge in [0.05, 0.1) is 38.9 Å². The Morgan fingerprint density at radius 1 is 1.22 bits per heavy atom. The molecule has 1 N–H and O–H groups in total. The molecule has 0 aliphatic rings. The van der Waals surface area contributed by atoms with Gasteiger partial charge in [-0.3, -0.25) is 9.59 Å². The first-order valence-electron chi connectivity index (χ1n) is 10.0. The minimum atomic E-state index is -1.63. The van der Waals surface area contributed by atoms with Gasteiger partial charge in [0.2, 0.25) is 5.95 Å². The third kappa shape index (κ3) is 3.81. The summed E-state index contributed by atoms with van der Waals surface area (Å²) in [5.41, 5.74) is 0.330. The molecule has 9 heteroatoms. The third-order valence-electron chi connectivity index (χ3n) is 5.46. The molecule has 1 aromatic heterocycles. The van der Waals surface area contributed by atoms with Crippen LogP contribution in [0.5, 0.6) is 0 Å². The summed E-state index contributed by atoms with van der Waals surface area (Å²) in [7, 11) is 0. The van der Waals surface area contributed by atoms with Crippen LogP contribution < -0.4 is 5.32 Å². The summed E-state index contributed by atoms with van der Waals surface area (Å²) in [6.07, 6.45) is 0. The summed E-state index contributed by atoms with van der Waals surface area (Å²) in [6, 6.07) is 10.6. The number of Topliss-reactive ketones (excluding diaryl/α,β-unsaturated/α-hetero) is 1. The first-order valence-corrected chi connectivity index (χ1v) is 10.8. The van der Waals surface area contributed by atoms with Crippen molar-refractivity contribution < 1.29 is 14.3 Å². The maximum atomic E-state index is 12.8. The number of nitriles is 1. The van der Waals surface area contributed by atoms with Gasteiger partial charge in [0.1, 0.15) is 11.5 Å². The highest BCUT2D eigenvalue weighted by Crippen LogP contribution is 2.37. The van der Waals surface area contributed by atoms with Crippen LogP contribution in [0.2, 0.25) is 10.0 Å². The number of carbonyl (C=O) groups excluding carboxylic acids is 2. The van der Waals surface area contributed by atoms with E-state index < -0.39 is 17.2 Å². The number of nitrogens with one attached hydrogen (secondary N) is 1. The second-order valence-corrected chi connectivity index (χ2v) is 8.09. The molecular weight excluding hydrogens is 451 g/mol. The number of hydrogen-bond acceptors (Lipinski definition) is 6. The smallest absolute Gasteiger partial charge is 0.323 e. The van der Waals surface area contributed by atoms with Crippen LogP contribution in [0.1, 0.15) is 38.8 Å². The van der Waals surface area contributed by atoms with E-state index in [2.05, 4.69) is 16.4 Å². The fourth-order valence-corrected chi connectivity index (χ4v) is 4.10. The molecule has 1 atom stereocenters. The van der Waals surface area contributed by atoms with Crippen molar-refractivity contribution in [2.24, 2.45) is 0 Å². The van der Waals surface area contributed by atoms with Gasteiger partial charge in [-0.1, -0.05) is 35.3 Å². The van der Waals surface area contributed by atoms with E-state index in [-0.39, 0.29) is 17.7 Å². The minimum Gasteiger partial charge on any atom is -0.465 e. The summed E-state index contributed by atoms with van der Waals surface area (Å²) in [6.45, 7) is 6.91. The lowest BCUT2D eigenvalue weighted by Crippen LogP contribution is -2.41. The van der Waals surface area contributed by atoms with Gasteiger partial charge in [-0.2, -0.15) is 5.26 Å². The lowest BCUT2D eigenvalue weighted by Gasteiger charge is -2.26. The number of fused-ring (bicyclic) bond motifs is 1. The minimum absolute atomic E-state index is 0.116. The maximum absolute atomic E-state index is 12.8. The number of imidazole rings is 1. The molecule has 32 heavy (non-hydrogen) atoms. The largest absolute Gasteiger partial charge is 0.465 e. The van der Waals surface area contributed by atoms with Crippen LogP contribution in [0.15, 0.2) is 30.3 Å². The summed E-state index contributed by atoms with van der Waals surface area (Å²) in [4.78, 5) is 30.0. The Hall–Kier alpha value is -3.08. The van der Waals surface area contributed by atoms with E-state index in [4.69, 9.17) is 27.9 Å². The molecule has 7 nitrogen and oxygen atoms in total. The zero-order chi connectivity index (χ0) is 23.6. The van der Waals surface area contributed by atoms with E-state index in [1.165, 1.54) is 13.8 Å². The Morgan fingerprint density at radius 3 is 2.41 bits per heavy atom. The average molecular weight is 473 g/mol. The van der Waals surface area contributed by atoms with Gasteiger partial charge in [-0.25, -0.2) is 4.98 Å². The molecule has 0 saturated carbocycles. The van der Waals surface area contributed by atoms with Gasteiger partial charge in [0.15, 0.2) is 5.78 Å². The van der Waals surface area contributed by atoms with Gasteiger partial charge in [-0.05, 0) is 51.5 Å². The summed E-state index contributed by atoms with van der Waals surface area (Å²) in [5.74, 6) is -0.700. The number of hydrogen-bond donors (Lipinski definition) is 1. The predicted octanol–water partition coefficient (Wildman–Crippen LogP) is 5.39. The number of esters is 1. The Morgan fingerprint density at radius 2 is 1.88 bits per heavy atom. The number of halogens is 2. The molecule has 3 rings (SSSR count). The number of para-hydroxylation sites is 1. The van der Waals surface area contributed by atoms with Crippen molar-refractivity contribution in [3.63, 3.8) is 0 Å². The Labute approximate surface area is 195 Å². The van der Waals surface area contributed by atoms with Crippen LogP contribution in [0.25, 0.3) is 11.0 Å². The van der Waals surface area contributed by atoms with Crippen molar-refractivity contribution >= 4 is 57.6 Å². The zero-order valence-corrected chi connectivity index (χ0v) is 19.6. The number of nitrogens with zero attached hydrogens (tertiary/aromatic N) is 3. The van der Waals surface area contributed by atoms with Crippen molar-refractivity contribution in [1.82, 2.24) is 9.55 Å². The second-order valence-electron chi connectivity index (χ2n) is 7.27. The Balaban J connectivity index is 2.28. The lowest BCUT2D eigenvalue weighted by atomic mass is 9.76. The summed E-state index contributed by atoms with van der Waals surface area (Å²) >= 11 is 12.6. The number of benzene rings is 2. The molecule has 0 aliphatic heterocycles. The van der Waals surface area contributed by atoms with Crippen molar-refractivity contribution in [3.8, 4) is 6.07 Å². The molecule has 0 aliphatic carbocycles. The standard InChI is InChI=1S/C23H22Cl2N4O3/c1-5-29-20-14(12-26)15(23(4,13(3)30)21(31)32-6-2)10-11-18(20)27-22(29)28-19-16(24)8-7-9-17(19)25/h7-11H,5-6H2,1-4H3,(H,27,28). The third-order valence-corrected chi connectivity index (χ3v) is 6.09. The number of rotatable bonds is 7. The molecule has 166 valence electrons. The monoisotopic (exact) mass is 472 g/mol. The van der Waals surface area contributed by atoms with E-state index in [1.807, 2.05) is 6.92 Å². The Bertz CT molecular complexity index is 1240. The first kappa shape index (κ1) is 23.6. The van der Waals surface area contributed by atoms with Crippen LogP contribution in [0.3, 0.4) is 0 Å². The molecule has 1 heterocycles. The van der Waals surface area contributed by atoms with E-state index in [0.29, 0.717) is 39.3 Å². The number of ketones is 1. The fraction of sp³-hybridized carbons (Fsp3) is 0.304. The molecule has 0 bridgehead atoms.